The van der Waals surface area contributed by atoms with Crippen LogP contribution in [0.5, 0.6) is 5.75 Å². The molecule has 0 aliphatic heterocycles. The molecule has 0 N–H and O–H groups in total. The van der Waals surface area contributed by atoms with E-state index in [0.717, 1.165) is 27.8 Å². The van der Waals surface area contributed by atoms with Gasteiger partial charge in [0, 0.05) is 20.6 Å². The third kappa shape index (κ3) is 6.05. The number of carbonyl (C=O) groups is 1. The van der Waals surface area contributed by atoms with Crippen LogP contribution < -0.4 is 9.04 Å². The molecule has 2 aromatic carbocycles. The number of anilines is 1. The van der Waals surface area contributed by atoms with Crippen LogP contribution in [0.3, 0.4) is 0 Å². The Kier molecular flexibility index (Phi) is 7.33. The van der Waals surface area contributed by atoms with Gasteiger partial charge in [-0.25, -0.2) is 8.42 Å². The molecule has 3 aromatic rings. The summed E-state index contributed by atoms with van der Waals surface area (Å²) in [7, 11) is -0.678. The lowest BCUT2D eigenvalue weighted by Gasteiger charge is -2.19. The van der Waals surface area contributed by atoms with Crippen molar-refractivity contribution in [2.45, 2.75) is 16.9 Å². The Labute approximate surface area is 193 Å². The van der Waals surface area contributed by atoms with E-state index in [1.165, 1.54) is 37.2 Å². The van der Waals surface area contributed by atoms with E-state index < -0.39 is 21.8 Å². The van der Waals surface area contributed by atoms with Crippen molar-refractivity contribution in [1.29, 1.82) is 0 Å². The van der Waals surface area contributed by atoms with E-state index in [9.17, 15) is 26.4 Å². The van der Waals surface area contributed by atoms with Crippen molar-refractivity contribution >= 4 is 33.0 Å². The maximum Gasteiger partial charge on any atom is 0.416 e. The Hall–Kier alpha value is -3.05. The molecule has 1 amide bonds. The lowest BCUT2D eigenvalue weighted by atomic mass is 10.1. The number of ether oxygens (including phenoxy) is 1. The minimum Gasteiger partial charge on any atom is -0.484 e. The molecule has 0 saturated heterocycles. The third-order valence-corrected chi connectivity index (χ3v) is 7.96. The second kappa shape index (κ2) is 9.84. The largest absolute Gasteiger partial charge is 0.484 e. The van der Waals surface area contributed by atoms with Crippen LogP contribution in [0.25, 0.3) is 0 Å². The molecule has 1 aromatic heterocycles. The summed E-state index contributed by atoms with van der Waals surface area (Å²) in [5.41, 5.74) is 0.237. The van der Waals surface area contributed by atoms with Gasteiger partial charge in [0.1, 0.15) is 9.96 Å². The van der Waals surface area contributed by atoms with E-state index >= 15 is 0 Å². The molecule has 0 spiro atoms. The van der Waals surface area contributed by atoms with Crippen molar-refractivity contribution in [2.75, 3.05) is 25.0 Å². The van der Waals surface area contributed by atoms with Crippen LogP contribution in [0.2, 0.25) is 0 Å². The van der Waals surface area contributed by atoms with Crippen LogP contribution in [0.15, 0.2) is 70.3 Å². The zero-order chi connectivity index (χ0) is 24.2. The lowest BCUT2D eigenvalue weighted by molar-refractivity contribution is -0.137. The summed E-state index contributed by atoms with van der Waals surface area (Å²) in [4.78, 5) is 13.7. The molecule has 0 aliphatic carbocycles. The highest BCUT2D eigenvalue weighted by molar-refractivity contribution is 7.94. The standard InChI is InChI=1S/C22H21F3N2O4S2/c1-26(14-16-5-7-17(8-6-16)22(23,24)25)20(28)15-31-19-11-9-18(10-12-19)27(2)33(29,30)21-4-3-13-32-21/h3-13H,14-15H2,1-2H3. The molecule has 0 saturated carbocycles. The van der Waals surface area contributed by atoms with Gasteiger partial charge >= 0.3 is 6.18 Å². The summed E-state index contributed by atoms with van der Waals surface area (Å²) in [6, 6.07) is 14.0. The van der Waals surface area contributed by atoms with Crippen molar-refractivity contribution in [3.05, 3.63) is 77.2 Å². The fraction of sp³-hybridized carbons (Fsp3) is 0.227. The second-order valence-electron chi connectivity index (χ2n) is 7.13. The predicted molar refractivity (Wildman–Crippen MR) is 120 cm³/mol. The van der Waals surface area contributed by atoms with Crippen molar-refractivity contribution in [3.8, 4) is 5.75 Å². The van der Waals surface area contributed by atoms with E-state index in [4.69, 9.17) is 4.74 Å². The number of amides is 1. The molecule has 0 aliphatic rings. The van der Waals surface area contributed by atoms with Crippen LogP contribution in [0, 0.1) is 0 Å². The first-order valence-electron chi connectivity index (χ1n) is 9.64. The molecule has 0 bridgehead atoms. The number of halogens is 3. The first-order valence-corrected chi connectivity index (χ1v) is 12.0. The van der Waals surface area contributed by atoms with Gasteiger partial charge in [0.25, 0.3) is 15.9 Å². The van der Waals surface area contributed by atoms with Crippen LogP contribution in [-0.2, 0) is 27.5 Å². The number of rotatable bonds is 8. The van der Waals surface area contributed by atoms with E-state index in [1.807, 2.05) is 0 Å². The SMILES string of the molecule is CN(Cc1ccc(C(F)(F)F)cc1)C(=O)COc1ccc(N(C)S(=O)(=O)c2cccs2)cc1. The topological polar surface area (TPSA) is 66.9 Å². The summed E-state index contributed by atoms with van der Waals surface area (Å²) in [6.07, 6.45) is -4.41. The number of nitrogens with zero attached hydrogens (tertiary/aromatic N) is 2. The van der Waals surface area contributed by atoms with Crippen molar-refractivity contribution < 1.29 is 31.1 Å². The molecule has 0 unspecified atom stereocenters. The number of sulfonamides is 1. The van der Waals surface area contributed by atoms with Gasteiger partial charge in [-0.15, -0.1) is 11.3 Å². The number of carbonyl (C=O) groups excluding carboxylic acids is 1. The smallest absolute Gasteiger partial charge is 0.416 e. The molecule has 33 heavy (non-hydrogen) atoms. The molecule has 3 rings (SSSR count). The molecular weight excluding hydrogens is 477 g/mol. The average Bonchev–Trinajstić information content (AvgIpc) is 3.33. The number of hydrogen-bond acceptors (Lipinski definition) is 5. The Morgan fingerprint density at radius 3 is 2.18 bits per heavy atom. The van der Waals surface area contributed by atoms with Crippen molar-refractivity contribution in [2.24, 2.45) is 0 Å². The van der Waals surface area contributed by atoms with Gasteiger partial charge in [-0.05, 0) is 53.4 Å². The summed E-state index contributed by atoms with van der Waals surface area (Å²) in [6.45, 7) is -0.148. The summed E-state index contributed by atoms with van der Waals surface area (Å²) in [5, 5.41) is 1.68. The quantitative estimate of drug-likeness (QED) is 0.454. The number of alkyl halides is 3. The molecule has 0 radical (unpaired) electrons. The lowest BCUT2D eigenvalue weighted by Crippen LogP contribution is -2.31. The van der Waals surface area contributed by atoms with Gasteiger partial charge < -0.3 is 9.64 Å². The number of likely N-dealkylation sites (N-methyl/N-ethyl adjacent to an activating group) is 1. The van der Waals surface area contributed by atoms with Crippen LogP contribution in [0.1, 0.15) is 11.1 Å². The third-order valence-electron chi connectivity index (χ3n) is 4.80. The fourth-order valence-corrected chi connectivity index (χ4v) is 5.21. The first kappa shape index (κ1) is 24.6. The number of benzene rings is 2. The zero-order valence-electron chi connectivity index (χ0n) is 17.7. The zero-order valence-corrected chi connectivity index (χ0v) is 19.4. The molecule has 6 nitrogen and oxygen atoms in total. The molecule has 0 fully saturated rings. The molecular formula is C22H21F3N2O4S2. The minimum absolute atomic E-state index is 0.130. The first-order chi connectivity index (χ1) is 15.5. The van der Waals surface area contributed by atoms with Gasteiger partial charge in [0.2, 0.25) is 0 Å². The van der Waals surface area contributed by atoms with Crippen molar-refractivity contribution in [1.82, 2.24) is 4.90 Å². The van der Waals surface area contributed by atoms with Crippen LogP contribution in [-0.4, -0.2) is 39.9 Å². The van der Waals surface area contributed by atoms with E-state index in [0.29, 0.717) is 17.0 Å². The molecule has 176 valence electrons. The van der Waals surface area contributed by atoms with Crippen LogP contribution >= 0.6 is 11.3 Å². The van der Waals surface area contributed by atoms with E-state index in [1.54, 1.807) is 35.7 Å². The van der Waals surface area contributed by atoms with Gasteiger partial charge in [0.15, 0.2) is 6.61 Å². The summed E-state index contributed by atoms with van der Waals surface area (Å²) >= 11 is 1.13. The monoisotopic (exact) mass is 498 g/mol. The minimum atomic E-state index is -4.41. The van der Waals surface area contributed by atoms with Crippen LogP contribution in [0.4, 0.5) is 18.9 Å². The molecule has 11 heteroatoms. The highest BCUT2D eigenvalue weighted by atomic mass is 32.2. The maximum absolute atomic E-state index is 12.7. The van der Waals surface area contributed by atoms with Gasteiger partial charge in [0.05, 0.1) is 11.3 Å². The van der Waals surface area contributed by atoms with E-state index in [-0.39, 0.29) is 23.3 Å². The maximum atomic E-state index is 12.7. The molecule has 1 heterocycles. The number of thiophene rings is 1. The second-order valence-corrected chi connectivity index (χ2v) is 10.3. The number of hydrogen-bond donors (Lipinski definition) is 0. The Balaban J connectivity index is 1.55. The molecule has 0 atom stereocenters. The summed E-state index contributed by atoms with van der Waals surface area (Å²) < 4.78 is 70.0. The Morgan fingerprint density at radius 1 is 1.00 bits per heavy atom. The normalized spacial score (nSPS) is 11.8. The van der Waals surface area contributed by atoms with Gasteiger partial charge in [-0.3, -0.25) is 9.10 Å². The fourth-order valence-electron chi connectivity index (χ4n) is 2.85. The van der Waals surface area contributed by atoms with Crippen molar-refractivity contribution in [3.63, 3.8) is 0 Å². The van der Waals surface area contributed by atoms with Gasteiger partial charge in [-0.1, -0.05) is 18.2 Å². The Morgan fingerprint density at radius 2 is 1.64 bits per heavy atom. The Bertz CT molecular complexity index is 1180. The van der Waals surface area contributed by atoms with Gasteiger partial charge in [-0.2, -0.15) is 13.2 Å². The highest BCUT2D eigenvalue weighted by Gasteiger charge is 2.30. The average molecular weight is 499 g/mol. The highest BCUT2D eigenvalue weighted by Crippen LogP contribution is 2.29. The van der Waals surface area contributed by atoms with E-state index in [2.05, 4.69) is 0 Å². The summed E-state index contributed by atoms with van der Waals surface area (Å²) in [5.74, 6) is 0.00770. The predicted octanol–water partition coefficient (Wildman–Crippen LogP) is 4.63.